The molecule has 0 N–H and O–H groups in total. The van der Waals surface area contributed by atoms with Crippen LogP contribution < -0.4 is 0 Å². The van der Waals surface area contributed by atoms with Crippen molar-refractivity contribution in [2.75, 3.05) is 13.1 Å². The molecule has 0 bridgehead atoms. The first-order valence-corrected chi connectivity index (χ1v) is 6.66. The van der Waals surface area contributed by atoms with Gasteiger partial charge in [-0.1, -0.05) is 37.3 Å². The number of nitrogens with zero attached hydrogens (tertiary/aromatic N) is 1. The Morgan fingerprint density at radius 2 is 1.82 bits per heavy atom. The quantitative estimate of drug-likeness (QED) is 0.782. The molecule has 1 aliphatic rings. The fourth-order valence-corrected chi connectivity index (χ4v) is 2.57. The van der Waals surface area contributed by atoms with Crippen molar-refractivity contribution in [2.45, 2.75) is 38.5 Å². The second-order valence-corrected chi connectivity index (χ2v) is 4.76. The van der Waals surface area contributed by atoms with E-state index >= 15 is 0 Å². The maximum Gasteiger partial charge on any atom is 0.230 e. The molecule has 0 spiro atoms. The van der Waals surface area contributed by atoms with Crippen molar-refractivity contribution in [3.05, 3.63) is 35.9 Å². The summed E-state index contributed by atoms with van der Waals surface area (Å²) < 4.78 is 0. The van der Waals surface area contributed by atoms with E-state index in [2.05, 4.69) is 19.1 Å². The normalized spacial score (nSPS) is 17.8. The van der Waals surface area contributed by atoms with Crippen LogP contribution >= 0.6 is 0 Å². The summed E-state index contributed by atoms with van der Waals surface area (Å²) in [5.41, 5.74) is 1.16. The number of piperidine rings is 1. The monoisotopic (exact) mass is 231 g/mol. The average Bonchev–Trinajstić information content (AvgIpc) is 2.42. The lowest BCUT2D eigenvalue weighted by Crippen LogP contribution is -2.38. The van der Waals surface area contributed by atoms with Gasteiger partial charge in [-0.2, -0.15) is 0 Å². The minimum Gasteiger partial charge on any atom is -0.342 e. The molecular weight excluding hydrogens is 210 g/mol. The molecule has 0 radical (unpaired) electrons. The number of hydrogen-bond acceptors (Lipinski definition) is 1. The molecule has 0 aromatic heterocycles. The highest BCUT2D eigenvalue weighted by Crippen LogP contribution is 2.23. The molecule has 1 atom stereocenters. The zero-order chi connectivity index (χ0) is 12.1. The van der Waals surface area contributed by atoms with E-state index in [1.807, 2.05) is 23.1 Å². The summed E-state index contributed by atoms with van der Waals surface area (Å²) in [7, 11) is 0. The fourth-order valence-electron chi connectivity index (χ4n) is 2.57. The van der Waals surface area contributed by atoms with E-state index in [0.717, 1.165) is 37.9 Å². The van der Waals surface area contributed by atoms with Gasteiger partial charge in [0, 0.05) is 13.1 Å². The van der Waals surface area contributed by atoms with Gasteiger partial charge < -0.3 is 4.90 Å². The van der Waals surface area contributed by atoms with Gasteiger partial charge in [-0.15, -0.1) is 0 Å². The number of carbonyl (C=O) groups is 1. The molecule has 1 heterocycles. The lowest BCUT2D eigenvalue weighted by molar-refractivity contribution is -0.133. The molecule has 1 aromatic carbocycles. The summed E-state index contributed by atoms with van der Waals surface area (Å²) >= 11 is 0. The van der Waals surface area contributed by atoms with Crippen LogP contribution in [0.15, 0.2) is 30.3 Å². The standard InChI is InChI=1S/C15H21NO/c1-2-14(13-9-5-3-6-10-13)15(17)16-11-7-4-8-12-16/h3,5-6,9-10,14H,2,4,7-8,11-12H2,1H3/t14-/m0/s1. The van der Waals surface area contributed by atoms with Crippen molar-refractivity contribution >= 4 is 5.91 Å². The van der Waals surface area contributed by atoms with Gasteiger partial charge in [0.15, 0.2) is 0 Å². The Morgan fingerprint density at radius 3 is 2.41 bits per heavy atom. The van der Waals surface area contributed by atoms with Gasteiger partial charge in [0.05, 0.1) is 5.92 Å². The van der Waals surface area contributed by atoms with Crippen LogP contribution in [-0.2, 0) is 4.79 Å². The highest BCUT2D eigenvalue weighted by atomic mass is 16.2. The van der Waals surface area contributed by atoms with E-state index in [0.29, 0.717) is 5.91 Å². The van der Waals surface area contributed by atoms with Crippen molar-refractivity contribution in [1.29, 1.82) is 0 Å². The van der Waals surface area contributed by atoms with Gasteiger partial charge in [-0.3, -0.25) is 4.79 Å². The maximum absolute atomic E-state index is 12.5. The smallest absolute Gasteiger partial charge is 0.230 e. The molecule has 1 saturated heterocycles. The summed E-state index contributed by atoms with van der Waals surface area (Å²) in [5, 5.41) is 0. The molecule has 1 amide bonds. The first-order valence-electron chi connectivity index (χ1n) is 6.66. The summed E-state index contributed by atoms with van der Waals surface area (Å²) in [5.74, 6) is 0.368. The molecular formula is C15H21NO. The topological polar surface area (TPSA) is 20.3 Å². The zero-order valence-electron chi connectivity index (χ0n) is 10.6. The van der Waals surface area contributed by atoms with Crippen LogP contribution in [0.2, 0.25) is 0 Å². The first kappa shape index (κ1) is 12.2. The zero-order valence-corrected chi connectivity index (χ0v) is 10.6. The summed E-state index contributed by atoms with van der Waals surface area (Å²) in [4.78, 5) is 14.5. The molecule has 2 rings (SSSR count). The molecule has 0 aliphatic carbocycles. The first-order chi connectivity index (χ1) is 8.33. The van der Waals surface area contributed by atoms with Gasteiger partial charge in [0.2, 0.25) is 5.91 Å². The highest BCUT2D eigenvalue weighted by Gasteiger charge is 2.25. The molecule has 0 unspecified atom stereocenters. The Labute approximate surface area is 104 Å². The van der Waals surface area contributed by atoms with E-state index < -0.39 is 0 Å². The predicted octanol–water partition coefficient (Wildman–Crippen LogP) is 3.19. The fraction of sp³-hybridized carbons (Fsp3) is 0.533. The lowest BCUT2D eigenvalue weighted by Gasteiger charge is -2.30. The predicted molar refractivity (Wildman–Crippen MR) is 69.9 cm³/mol. The molecule has 0 saturated carbocycles. The molecule has 1 fully saturated rings. The van der Waals surface area contributed by atoms with Gasteiger partial charge in [0.25, 0.3) is 0 Å². The number of amides is 1. The minimum absolute atomic E-state index is 0.0503. The Balaban J connectivity index is 2.10. The lowest BCUT2D eigenvalue weighted by atomic mass is 9.94. The van der Waals surface area contributed by atoms with E-state index in [-0.39, 0.29) is 5.92 Å². The SMILES string of the molecule is CC[C@H](C(=O)N1CCCCC1)c1ccccc1. The Morgan fingerprint density at radius 1 is 1.18 bits per heavy atom. The Hall–Kier alpha value is -1.31. The van der Waals surface area contributed by atoms with E-state index in [1.165, 1.54) is 6.42 Å². The molecule has 1 aromatic rings. The number of benzene rings is 1. The van der Waals surface area contributed by atoms with Crippen molar-refractivity contribution in [3.8, 4) is 0 Å². The second-order valence-electron chi connectivity index (χ2n) is 4.76. The van der Waals surface area contributed by atoms with Crippen LogP contribution in [-0.4, -0.2) is 23.9 Å². The van der Waals surface area contributed by atoms with Crippen molar-refractivity contribution in [3.63, 3.8) is 0 Å². The number of carbonyl (C=O) groups excluding carboxylic acids is 1. The van der Waals surface area contributed by atoms with Crippen LogP contribution in [0.1, 0.15) is 44.1 Å². The summed E-state index contributed by atoms with van der Waals surface area (Å²) in [6.45, 7) is 3.99. The number of rotatable bonds is 3. The van der Waals surface area contributed by atoms with Crippen molar-refractivity contribution in [1.82, 2.24) is 4.90 Å². The molecule has 92 valence electrons. The third kappa shape index (κ3) is 2.87. The van der Waals surface area contributed by atoms with Gasteiger partial charge in [0.1, 0.15) is 0 Å². The summed E-state index contributed by atoms with van der Waals surface area (Å²) in [6.07, 6.45) is 4.49. The third-order valence-corrected chi connectivity index (χ3v) is 3.58. The maximum atomic E-state index is 12.5. The summed E-state index contributed by atoms with van der Waals surface area (Å²) in [6, 6.07) is 10.2. The van der Waals surface area contributed by atoms with Gasteiger partial charge in [-0.25, -0.2) is 0 Å². The van der Waals surface area contributed by atoms with Crippen LogP contribution in [0, 0.1) is 0 Å². The van der Waals surface area contributed by atoms with E-state index in [4.69, 9.17) is 0 Å². The highest BCUT2D eigenvalue weighted by molar-refractivity contribution is 5.83. The Bertz CT molecular complexity index is 354. The molecule has 2 nitrogen and oxygen atoms in total. The van der Waals surface area contributed by atoms with E-state index in [9.17, 15) is 4.79 Å². The van der Waals surface area contributed by atoms with E-state index in [1.54, 1.807) is 0 Å². The largest absolute Gasteiger partial charge is 0.342 e. The van der Waals surface area contributed by atoms with Gasteiger partial charge in [-0.05, 0) is 31.2 Å². The van der Waals surface area contributed by atoms with Crippen LogP contribution in [0.25, 0.3) is 0 Å². The minimum atomic E-state index is 0.0503. The van der Waals surface area contributed by atoms with Gasteiger partial charge >= 0.3 is 0 Å². The van der Waals surface area contributed by atoms with Crippen molar-refractivity contribution in [2.24, 2.45) is 0 Å². The third-order valence-electron chi connectivity index (χ3n) is 3.58. The van der Waals surface area contributed by atoms with Crippen LogP contribution in [0.4, 0.5) is 0 Å². The molecule has 2 heteroatoms. The molecule has 17 heavy (non-hydrogen) atoms. The average molecular weight is 231 g/mol. The van der Waals surface area contributed by atoms with Crippen molar-refractivity contribution < 1.29 is 4.79 Å². The number of likely N-dealkylation sites (tertiary alicyclic amines) is 1. The molecule has 1 aliphatic heterocycles. The van der Waals surface area contributed by atoms with Crippen LogP contribution in [0.3, 0.4) is 0 Å². The number of hydrogen-bond donors (Lipinski definition) is 0. The second kappa shape index (κ2) is 5.85. The van der Waals surface area contributed by atoms with Crippen LogP contribution in [0.5, 0.6) is 0 Å². The Kier molecular flexibility index (Phi) is 4.18.